The minimum absolute atomic E-state index is 0.0679. The molecule has 2 aromatic rings. The molecule has 2 aromatic carbocycles. The number of carboxylic acid groups (broad SMARTS) is 1. The number of nitriles is 1. The Morgan fingerprint density at radius 1 is 1.17 bits per heavy atom. The lowest BCUT2D eigenvalue weighted by Crippen LogP contribution is -2.40. The Balaban J connectivity index is 0.000000454. The van der Waals surface area contributed by atoms with Gasteiger partial charge in [0.15, 0.2) is 0 Å². The molecule has 1 amide bonds. The molecule has 2 fully saturated rings. The topological polar surface area (TPSA) is 93.9 Å². The van der Waals surface area contributed by atoms with E-state index in [9.17, 15) is 18.0 Å². The molecule has 2 atom stereocenters. The summed E-state index contributed by atoms with van der Waals surface area (Å²) in [5.74, 6) is -2.54. The lowest BCUT2D eigenvalue weighted by atomic mass is 9.87. The molecule has 10 heteroatoms. The predicted molar refractivity (Wildman–Crippen MR) is 125 cm³/mol. The first-order chi connectivity index (χ1) is 17.0. The van der Waals surface area contributed by atoms with Crippen molar-refractivity contribution in [1.82, 2.24) is 9.80 Å². The number of hydrogen-bond acceptors (Lipinski definition) is 5. The minimum Gasteiger partial charge on any atom is -0.475 e. The summed E-state index contributed by atoms with van der Waals surface area (Å²) < 4.78 is 37.7. The van der Waals surface area contributed by atoms with Gasteiger partial charge in [0.05, 0.1) is 30.9 Å². The predicted octanol–water partition coefficient (Wildman–Crippen LogP) is 4.00. The standard InChI is InChI=1S/C24H27N3O2.C2HF3O2/c1-19(22-5-3-2-4-6-22)27-17-24(13-23(27)28)16-26(11-12-29-18-24)15-21-9-7-20(14-25)8-10-21;3-2(4,5)1(6)7/h2-10,19H,11-13,15-18H2,1H3;(H,6,7). The van der Waals surface area contributed by atoms with E-state index in [1.807, 2.05) is 47.4 Å². The van der Waals surface area contributed by atoms with Gasteiger partial charge < -0.3 is 14.7 Å². The molecular formula is C26H28F3N3O4. The number of amides is 1. The number of benzene rings is 2. The molecule has 1 spiro atoms. The van der Waals surface area contributed by atoms with Gasteiger partial charge >= 0.3 is 12.1 Å². The van der Waals surface area contributed by atoms with Gasteiger partial charge in [-0.15, -0.1) is 0 Å². The molecule has 0 saturated carbocycles. The molecule has 36 heavy (non-hydrogen) atoms. The monoisotopic (exact) mass is 503 g/mol. The fourth-order valence-corrected chi connectivity index (χ4v) is 4.55. The third-order valence-electron chi connectivity index (χ3n) is 6.35. The fraction of sp³-hybridized carbons (Fsp3) is 0.423. The number of aliphatic carboxylic acids is 1. The molecule has 7 nitrogen and oxygen atoms in total. The summed E-state index contributed by atoms with van der Waals surface area (Å²) in [6.07, 6.45) is -4.55. The quantitative estimate of drug-likeness (QED) is 0.678. The van der Waals surface area contributed by atoms with E-state index in [4.69, 9.17) is 19.9 Å². The first-order valence-corrected chi connectivity index (χ1v) is 11.5. The van der Waals surface area contributed by atoms with Crippen LogP contribution in [0, 0.1) is 16.7 Å². The number of likely N-dealkylation sites (tertiary alicyclic amines) is 1. The maximum atomic E-state index is 12.9. The lowest BCUT2D eigenvalue weighted by Gasteiger charge is -2.33. The Morgan fingerprint density at radius 3 is 2.39 bits per heavy atom. The highest BCUT2D eigenvalue weighted by atomic mass is 19.4. The van der Waals surface area contributed by atoms with Gasteiger partial charge in [-0.2, -0.15) is 18.4 Å². The van der Waals surface area contributed by atoms with Crippen molar-refractivity contribution in [2.45, 2.75) is 32.1 Å². The van der Waals surface area contributed by atoms with E-state index >= 15 is 0 Å². The zero-order valence-corrected chi connectivity index (χ0v) is 19.9. The van der Waals surface area contributed by atoms with Crippen LogP contribution in [0.1, 0.15) is 36.1 Å². The van der Waals surface area contributed by atoms with E-state index in [1.165, 1.54) is 11.1 Å². The van der Waals surface area contributed by atoms with E-state index in [-0.39, 0.29) is 17.4 Å². The second-order valence-electron chi connectivity index (χ2n) is 9.16. The Bertz CT molecular complexity index is 1090. The maximum Gasteiger partial charge on any atom is 0.490 e. The molecule has 1 N–H and O–H groups in total. The van der Waals surface area contributed by atoms with E-state index in [1.54, 1.807) is 0 Å². The second kappa shape index (κ2) is 11.5. The number of carboxylic acids is 1. The number of carbonyl (C=O) groups is 2. The van der Waals surface area contributed by atoms with Gasteiger partial charge in [-0.25, -0.2) is 4.79 Å². The van der Waals surface area contributed by atoms with Crippen LogP contribution in [-0.2, 0) is 20.9 Å². The summed E-state index contributed by atoms with van der Waals surface area (Å²) in [6.45, 7) is 6.64. The summed E-state index contributed by atoms with van der Waals surface area (Å²) in [5.41, 5.74) is 2.86. The molecule has 2 aliphatic rings. The summed E-state index contributed by atoms with van der Waals surface area (Å²) >= 11 is 0. The molecule has 0 radical (unpaired) electrons. The lowest BCUT2D eigenvalue weighted by molar-refractivity contribution is -0.192. The molecule has 0 aliphatic carbocycles. The summed E-state index contributed by atoms with van der Waals surface area (Å²) in [4.78, 5) is 26.2. The van der Waals surface area contributed by atoms with Crippen molar-refractivity contribution in [1.29, 1.82) is 5.26 Å². The average molecular weight is 504 g/mol. The first-order valence-electron chi connectivity index (χ1n) is 11.5. The van der Waals surface area contributed by atoms with Crippen molar-refractivity contribution in [3.8, 4) is 6.07 Å². The van der Waals surface area contributed by atoms with Crippen molar-refractivity contribution in [3.05, 3.63) is 71.3 Å². The number of halogens is 3. The molecule has 4 rings (SSSR count). The van der Waals surface area contributed by atoms with Crippen LogP contribution in [0.25, 0.3) is 0 Å². The van der Waals surface area contributed by atoms with E-state index in [2.05, 4.69) is 30.0 Å². The van der Waals surface area contributed by atoms with E-state index < -0.39 is 12.1 Å². The summed E-state index contributed by atoms with van der Waals surface area (Å²) in [5, 5.41) is 16.1. The van der Waals surface area contributed by atoms with Crippen molar-refractivity contribution in [2.24, 2.45) is 5.41 Å². The number of alkyl halides is 3. The molecule has 2 heterocycles. The van der Waals surface area contributed by atoms with Crippen LogP contribution >= 0.6 is 0 Å². The summed E-state index contributed by atoms with van der Waals surface area (Å²) in [6, 6.07) is 20.2. The molecular weight excluding hydrogens is 475 g/mol. The minimum atomic E-state index is -5.08. The van der Waals surface area contributed by atoms with Crippen LogP contribution in [0.3, 0.4) is 0 Å². The number of carbonyl (C=O) groups excluding carboxylic acids is 1. The van der Waals surface area contributed by atoms with Crippen molar-refractivity contribution >= 4 is 11.9 Å². The number of hydrogen-bond donors (Lipinski definition) is 1. The molecule has 0 aromatic heterocycles. The van der Waals surface area contributed by atoms with Gasteiger partial charge in [0, 0.05) is 38.0 Å². The van der Waals surface area contributed by atoms with Gasteiger partial charge in [-0.3, -0.25) is 9.69 Å². The van der Waals surface area contributed by atoms with Crippen molar-refractivity contribution in [2.75, 3.05) is 32.8 Å². The molecule has 2 aliphatic heterocycles. The third kappa shape index (κ3) is 7.06. The Kier molecular flexibility index (Phi) is 8.71. The number of nitrogens with zero attached hydrogens (tertiary/aromatic N) is 3. The Labute approximate surface area is 207 Å². The molecule has 192 valence electrons. The Hall–Kier alpha value is -3.42. The zero-order valence-electron chi connectivity index (χ0n) is 19.9. The van der Waals surface area contributed by atoms with Crippen LogP contribution in [0.5, 0.6) is 0 Å². The van der Waals surface area contributed by atoms with Crippen LogP contribution in [0.2, 0.25) is 0 Å². The number of rotatable bonds is 4. The maximum absolute atomic E-state index is 12.9. The van der Waals surface area contributed by atoms with Gasteiger partial charge in [0.1, 0.15) is 0 Å². The smallest absolute Gasteiger partial charge is 0.475 e. The van der Waals surface area contributed by atoms with Gasteiger partial charge in [0.25, 0.3) is 0 Å². The van der Waals surface area contributed by atoms with Gasteiger partial charge in [-0.1, -0.05) is 42.5 Å². The average Bonchev–Trinajstić information content (AvgIpc) is 3.04. The largest absolute Gasteiger partial charge is 0.490 e. The van der Waals surface area contributed by atoms with Crippen LogP contribution in [0.15, 0.2) is 54.6 Å². The Morgan fingerprint density at radius 2 is 1.81 bits per heavy atom. The van der Waals surface area contributed by atoms with Crippen LogP contribution < -0.4 is 0 Å². The van der Waals surface area contributed by atoms with Crippen molar-refractivity contribution in [3.63, 3.8) is 0 Å². The first kappa shape index (κ1) is 27.2. The SMILES string of the molecule is CC(c1ccccc1)N1CC2(COCCN(Cc3ccc(C#N)cc3)C2)CC1=O.O=C(O)C(F)(F)F. The van der Waals surface area contributed by atoms with E-state index in [0.29, 0.717) is 25.2 Å². The second-order valence-corrected chi connectivity index (χ2v) is 9.16. The normalized spacial score (nSPS) is 21.3. The molecule has 0 bridgehead atoms. The number of ether oxygens (including phenoxy) is 1. The zero-order chi connectivity index (χ0) is 26.3. The molecule has 2 unspecified atom stereocenters. The molecule has 2 saturated heterocycles. The highest BCUT2D eigenvalue weighted by Gasteiger charge is 2.46. The van der Waals surface area contributed by atoms with Crippen molar-refractivity contribution < 1.29 is 32.6 Å². The van der Waals surface area contributed by atoms with Crippen LogP contribution in [-0.4, -0.2) is 65.8 Å². The highest BCUT2D eigenvalue weighted by Crippen LogP contribution is 2.38. The van der Waals surface area contributed by atoms with E-state index in [0.717, 1.165) is 26.2 Å². The summed E-state index contributed by atoms with van der Waals surface area (Å²) in [7, 11) is 0. The van der Waals surface area contributed by atoms with Gasteiger partial charge in [0.2, 0.25) is 5.91 Å². The third-order valence-corrected chi connectivity index (χ3v) is 6.35. The van der Waals surface area contributed by atoms with Gasteiger partial charge in [-0.05, 0) is 30.2 Å². The van der Waals surface area contributed by atoms with Crippen LogP contribution in [0.4, 0.5) is 13.2 Å². The highest BCUT2D eigenvalue weighted by molar-refractivity contribution is 5.80. The fourth-order valence-electron chi connectivity index (χ4n) is 4.55.